The van der Waals surface area contributed by atoms with Gasteiger partial charge < -0.3 is 15.0 Å². The van der Waals surface area contributed by atoms with Gasteiger partial charge in [-0.15, -0.1) is 0 Å². The van der Waals surface area contributed by atoms with Crippen LogP contribution in [0.15, 0.2) is 0 Å². The number of nitrogens with one attached hydrogen (secondary N) is 1. The minimum Gasteiger partial charge on any atom is -0.467 e. The largest absolute Gasteiger partial charge is 0.467 e. The molecule has 20 heavy (non-hydrogen) atoms. The third-order valence-corrected chi connectivity index (χ3v) is 3.57. The monoisotopic (exact) mass is 299 g/mol. The molecule has 0 aliphatic carbocycles. The van der Waals surface area contributed by atoms with E-state index in [4.69, 9.17) is 16.3 Å². The van der Waals surface area contributed by atoms with Gasteiger partial charge >= 0.3 is 6.01 Å². The van der Waals surface area contributed by atoms with Gasteiger partial charge in [0.2, 0.25) is 11.2 Å². The molecule has 1 aliphatic heterocycles. The number of nitrogens with zero attached hydrogens (tertiary/aromatic N) is 4. The second kappa shape index (κ2) is 7.59. The van der Waals surface area contributed by atoms with E-state index in [1.807, 2.05) is 0 Å². The average Bonchev–Trinajstić information content (AvgIpc) is 2.45. The maximum Gasteiger partial charge on any atom is 0.322 e. The average molecular weight is 300 g/mol. The minimum absolute atomic E-state index is 0.142. The Bertz CT molecular complexity index is 425. The van der Waals surface area contributed by atoms with Crippen molar-refractivity contribution in [2.45, 2.75) is 26.2 Å². The Morgan fingerprint density at radius 3 is 2.70 bits per heavy atom. The predicted octanol–water partition coefficient (Wildman–Crippen LogP) is 2.07. The number of halogens is 1. The summed E-state index contributed by atoms with van der Waals surface area (Å²) in [7, 11) is 1.51. The summed E-state index contributed by atoms with van der Waals surface area (Å²) in [6, 6.07) is 0.233. The molecule has 6 nitrogen and oxygen atoms in total. The number of anilines is 1. The van der Waals surface area contributed by atoms with E-state index < -0.39 is 0 Å². The molecule has 0 amide bonds. The molecule has 1 unspecified atom stereocenters. The number of hydrogen-bond donors (Lipinski definition) is 1. The molecule has 7 heteroatoms. The second-order valence-corrected chi connectivity index (χ2v) is 5.60. The fourth-order valence-corrected chi connectivity index (χ4v) is 2.57. The normalized spacial score (nSPS) is 17.8. The van der Waals surface area contributed by atoms with Gasteiger partial charge in [0.05, 0.1) is 7.11 Å². The van der Waals surface area contributed by atoms with Crippen molar-refractivity contribution in [3.05, 3.63) is 5.28 Å². The lowest BCUT2D eigenvalue weighted by atomic mass is 10.1. The maximum absolute atomic E-state index is 5.81. The molecule has 1 aliphatic rings. The van der Waals surface area contributed by atoms with Crippen molar-refractivity contribution < 1.29 is 4.74 Å². The summed E-state index contributed by atoms with van der Waals surface area (Å²) in [6.07, 6.45) is 4.01. The quantitative estimate of drug-likeness (QED) is 0.867. The van der Waals surface area contributed by atoms with Gasteiger partial charge in [-0.25, -0.2) is 0 Å². The highest BCUT2D eigenvalue weighted by Gasteiger charge is 2.14. The first-order valence-electron chi connectivity index (χ1n) is 7.09. The number of methoxy groups -OCH3 is 1. The van der Waals surface area contributed by atoms with E-state index in [1.165, 1.54) is 39.5 Å². The molecule has 1 atom stereocenters. The molecule has 1 saturated heterocycles. The van der Waals surface area contributed by atoms with Crippen molar-refractivity contribution in [1.29, 1.82) is 0 Å². The SMILES string of the molecule is COc1nc(Cl)nc(NCC(C)CN2CCCCC2)n1. The second-order valence-electron chi connectivity index (χ2n) is 5.26. The lowest BCUT2D eigenvalue weighted by Crippen LogP contribution is -2.35. The molecule has 1 aromatic heterocycles. The van der Waals surface area contributed by atoms with Crippen molar-refractivity contribution >= 4 is 17.5 Å². The Balaban J connectivity index is 1.80. The maximum atomic E-state index is 5.81. The van der Waals surface area contributed by atoms with Gasteiger partial charge in [0.25, 0.3) is 0 Å². The zero-order chi connectivity index (χ0) is 14.4. The van der Waals surface area contributed by atoms with Gasteiger partial charge in [-0.05, 0) is 43.5 Å². The Hall–Kier alpha value is -1.14. The van der Waals surface area contributed by atoms with E-state index in [1.54, 1.807) is 0 Å². The highest BCUT2D eigenvalue weighted by Crippen LogP contribution is 2.13. The third kappa shape index (κ3) is 4.76. The molecule has 1 N–H and O–H groups in total. The number of ether oxygens (including phenoxy) is 1. The first-order valence-corrected chi connectivity index (χ1v) is 7.47. The van der Waals surface area contributed by atoms with Crippen LogP contribution in [-0.2, 0) is 0 Å². The lowest BCUT2D eigenvalue weighted by molar-refractivity contribution is 0.204. The van der Waals surface area contributed by atoms with Crippen LogP contribution in [0.25, 0.3) is 0 Å². The minimum atomic E-state index is 0.142. The molecule has 0 aromatic carbocycles. The summed E-state index contributed by atoms with van der Waals surface area (Å²) in [5.41, 5.74) is 0. The molecule has 1 fully saturated rings. The molecule has 2 rings (SSSR count). The number of hydrogen-bond acceptors (Lipinski definition) is 6. The molecular formula is C13H22ClN5O. The Kier molecular flexibility index (Phi) is 5.79. The molecule has 2 heterocycles. The van der Waals surface area contributed by atoms with Gasteiger partial charge in [-0.1, -0.05) is 13.3 Å². The highest BCUT2D eigenvalue weighted by atomic mass is 35.5. The van der Waals surface area contributed by atoms with Gasteiger partial charge in [0.1, 0.15) is 0 Å². The molecule has 0 radical (unpaired) electrons. The zero-order valence-corrected chi connectivity index (χ0v) is 12.9. The van der Waals surface area contributed by atoms with Crippen LogP contribution in [0.1, 0.15) is 26.2 Å². The third-order valence-electron chi connectivity index (χ3n) is 3.40. The smallest absolute Gasteiger partial charge is 0.322 e. The summed E-state index contributed by atoms with van der Waals surface area (Å²) in [5, 5.41) is 3.34. The lowest BCUT2D eigenvalue weighted by Gasteiger charge is -2.29. The Morgan fingerprint density at radius 2 is 2.00 bits per heavy atom. The Morgan fingerprint density at radius 1 is 1.25 bits per heavy atom. The van der Waals surface area contributed by atoms with Gasteiger partial charge in [0, 0.05) is 13.1 Å². The highest BCUT2D eigenvalue weighted by molar-refractivity contribution is 6.28. The molecule has 0 spiro atoms. The van der Waals surface area contributed by atoms with E-state index in [0.717, 1.165) is 13.1 Å². The van der Waals surface area contributed by atoms with Crippen molar-refractivity contribution in [2.75, 3.05) is 38.6 Å². The van der Waals surface area contributed by atoms with Gasteiger partial charge in [0.15, 0.2) is 0 Å². The Labute approximate surface area is 124 Å². The van der Waals surface area contributed by atoms with Crippen LogP contribution in [-0.4, -0.2) is 53.1 Å². The standard InChI is InChI=1S/C13H22ClN5O/c1-10(9-19-6-4-3-5-7-19)8-15-12-16-11(14)17-13(18-12)20-2/h10H,3-9H2,1-2H3,(H,15,16,17,18). The van der Waals surface area contributed by atoms with E-state index >= 15 is 0 Å². The van der Waals surface area contributed by atoms with Crippen molar-refractivity contribution in [2.24, 2.45) is 5.92 Å². The van der Waals surface area contributed by atoms with Crippen LogP contribution in [0.4, 0.5) is 5.95 Å². The van der Waals surface area contributed by atoms with Gasteiger partial charge in [-0.3, -0.25) is 0 Å². The van der Waals surface area contributed by atoms with Crippen molar-refractivity contribution in [3.63, 3.8) is 0 Å². The van der Waals surface area contributed by atoms with Crippen LogP contribution in [0.2, 0.25) is 5.28 Å². The molecule has 0 bridgehead atoms. The summed E-state index contributed by atoms with van der Waals surface area (Å²) < 4.78 is 4.97. The van der Waals surface area contributed by atoms with Crippen LogP contribution in [0.3, 0.4) is 0 Å². The number of aromatic nitrogens is 3. The van der Waals surface area contributed by atoms with Crippen LogP contribution in [0, 0.1) is 5.92 Å². The first-order chi connectivity index (χ1) is 9.67. The number of piperidine rings is 1. The topological polar surface area (TPSA) is 63.2 Å². The van der Waals surface area contributed by atoms with Crippen LogP contribution >= 0.6 is 11.6 Å². The predicted molar refractivity (Wildman–Crippen MR) is 79.3 cm³/mol. The first kappa shape index (κ1) is 15.3. The summed E-state index contributed by atoms with van der Waals surface area (Å²) in [6.45, 7) is 6.57. The summed E-state index contributed by atoms with van der Waals surface area (Å²) in [4.78, 5) is 14.5. The molecule has 1 aromatic rings. The van der Waals surface area contributed by atoms with E-state index in [-0.39, 0.29) is 11.3 Å². The van der Waals surface area contributed by atoms with Crippen molar-refractivity contribution in [1.82, 2.24) is 19.9 Å². The fraction of sp³-hybridized carbons (Fsp3) is 0.769. The van der Waals surface area contributed by atoms with Crippen LogP contribution < -0.4 is 10.1 Å². The number of rotatable bonds is 6. The van der Waals surface area contributed by atoms with Gasteiger partial charge in [-0.2, -0.15) is 15.0 Å². The molecule has 112 valence electrons. The molecule has 0 saturated carbocycles. The van der Waals surface area contributed by atoms with Crippen LogP contribution in [0.5, 0.6) is 6.01 Å². The summed E-state index contributed by atoms with van der Waals surface area (Å²) in [5.74, 6) is 0.988. The molecular weight excluding hydrogens is 278 g/mol. The fourth-order valence-electron chi connectivity index (χ4n) is 2.42. The van der Waals surface area contributed by atoms with Crippen molar-refractivity contribution in [3.8, 4) is 6.01 Å². The number of likely N-dealkylation sites (tertiary alicyclic amines) is 1. The summed E-state index contributed by atoms with van der Waals surface area (Å²) >= 11 is 5.81. The van der Waals surface area contributed by atoms with E-state index in [0.29, 0.717) is 11.9 Å². The van der Waals surface area contributed by atoms with E-state index in [2.05, 4.69) is 32.1 Å². The van der Waals surface area contributed by atoms with E-state index in [9.17, 15) is 0 Å². The zero-order valence-electron chi connectivity index (χ0n) is 12.1.